The molecule has 0 fully saturated rings. The molecule has 0 aliphatic heterocycles. The highest BCUT2D eigenvalue weighted by Gasteiger charge is 2.17. The van der Waals surface area contributed by atoms with Gasteiger partial charge in [-0.15, -0.1) is 10.2 Å². The van der Waals surface area contributed by atoms with E-state index in [1.807, 2.05) is 30.9 Å². The minimum Gasteiger partial charge on any atom is -0.494 e. The first-order valence-electron chi connectivity index (χ1n) is 8.00. The molecule has 6 nitrogen and oxygen atoms in total. The molecule has 0 aliphatic rings. The Morgan fingerprint density at radius 2 is 2.04 bits per heavy atom. The first kappa shape index (κ1) is 17.0. The maximum atomic E-state index is 14.1. The smallest absolute Gasteiger partial charge is 0.235 e. The van der Waals surface area contributed by atoms with E-state index >= 15 is 0 Å². The van der Waals surface area contributed by atoms with Crippen LogP contribution >= 0.6 is 0 Å². The van der Waals surface area contributed by atoms with Gasteiger partial charge in [-0.3, -0.25) is 0 Å². The Balaban J connectivity index is 1.87. The number of nitrogens with zero attached hydrogens (tertiary/aromatic N) is 3. The summed E-state index contributed by atoms with van der Waals surface area (Å²) in [5, 5.41) is 8.12. The highest BCUT2D eigenvalue weighted by atomic mass is 19.1. The third-order valence-corrected chi connectivity index (χ3v) is 3.73. The fourth-order valence-corrected chi connectivity index (χ4v) is 2.41. The van der Waals surface area contributed by atoms with Crippen LogP contribution in [0.2, 0.25) is 0 Å². The van der Waals surface area contributed by atoms with E-state index < -0.39 is 5.82 Å². The standard InChI is InChI=1S/C18H20FN3O3/c1-12(2)18-21-20-17(25-18)11-22(10-14-5-4-8-24-14)13-6-7-16(23-3)15(19)9-13/h4-9,12H,10-11H2,1-3H3. The molecule has 3 rings (SSSR count). The van der Waals surface area contributed by atoms with Crippen molar-refractivity contribution in [3.8, 4) is 5.75 Å². The third-order valence-electron chi connectivity index (χ3n) is 3.73. The molecule has 0 amide bonds. The van der Waals surface area contributed by atoms with Gasteiger partial charge in [-0.2, -0.15) is 0 Å². The van der Waals surface area contributed by atoms with Gasteiger partial charge in [-0.05, 0) is 24.3 Å². The Labute approximate surface area is 145 Å². The predicted molar refractivity (Wildman–Crippen MR) is 89.9 cm³/mol. The zero-order valence-electron chi connectivity index (χ0n) is 14.4. The topological polar surface area (TPSA) is 64.5 Å². The summed E-state index contributed by atoms with van der Waals surface area (Å²) in [6.07, 6.45) is 1.60. The molecule has 3 aromatic rings. The van der Waals surface area contributed by atoms with Crippen LogP contribution in [0.4, 0.5) is 10.1 Å². The Morgan fingerprint density at radius 1 is 1.20 bits per heavy atom. The van der Waals surface area contributed by atoms with Crippen molar-refractivity contribution in [3.63, 3.8) is 0 Å². The first-order chi connectivity index (χ1) is 12.1. The average molecular weight is 345 g/mol. The lowest BCUT2D eigenvalue weighted by Gasteiger charge is -2.22. The van der Waals surface area contributed by atoms with Crippen LogP contribution < -0.4 is 9.64 Å². The van der Waals surface area contributed by atoms with Crippen molar-refractivity contribution in [1.82, 2.24) is 10.2 Å². The fraction of sp³-hybridized carbons (Fsp3) is 0.333. The van der Waals surface area contributed by atoms with Crippen LogP contribution in [0, 0.1) is 5.82 Å². The monoisotopic (exact) mass is 345 g/mol. The summed E-state index contributed by atoms with van der Waals surface area (Å²) in [5.41, 5.74) is 0.666. The summed E-state index contributed by atoms with van der Waals surface area (Å²) >= 11 is 0. The molecular formula is C18H20FN3O3. The number of ether oxygens (including phenoxy) is 1. The molecule has 2 heterocycles. The van der Waals surface area contributed by atoms with Crippen molar-refractivity contribution < 1.29 is 18.0 Å². The molecule has 0 radical (unpaired) electrons. The van der Waals surface area contributed by atoms with E-state index in [1.165, 1.54) is 13.2 Å². The van der Waals surface area contributed by atoms with Gasteiger partial charge in [0.05, 0.1) is 26.5 Å². The Morgan fingerprint density at radius 3 is 2.64 bits per heavy atom. The summed E-state index contributed by atoms with van der Waals surface area (Å²) in [7, 11) is 1.44. The van der Waals surface area contributed by atoms with E-state index in [2.05, 4.69) is 10.2 Å². The van der Waals surface area contributed by atoms with Crippen LogP contribution in [-0.4, -0.2) is 17.3 Å². The molecule has 0 N–H and O–H groups in total. The van der Waals surface area contributed by atoms with Gasteiger partial charge in [0.15, 0.2) is 11.6 Å². The predicted octanol–water partition coefficient (Wildman–Crippen LogP) is 4.14. The number of aromatic nitrogens is 2. The van der Waals surface area contributed by atoms with E-state index in [1.54, 1.807) is 18.4 Å². The van der Waals surface area contributed by atoms with Gasteiger partial charge in [0.1, 0.15) is 5.76 Å². The SMILES string of the molecule is COc1ccc(N(Cc2ccco2)Cc2nnc(C(C)C)o2)cc1F. The quantitative estimate of drug-likeness (QED) is 0.641. The maximum absolute atomic E-state index is 14.1. The second kappa shape index (κ2) is 7.38. The Kier molecular flexibility index (Phi) is 5.02. The van der Waals surface area contributed by atoms with Crippen molar-refractivity contribution in [2.24, 2.45) is 0 Å². The number of methoxy groups -OCH3 is 1. The number of rotatable bonds is 7. The van der Waals surface area contributed by atoms with Gasteiger partial charge >= 0.3 is 0 Å². The highest BCUT2D eigenvalue weighted by molar-refractivity contribution is 5.50. The number of benzene rings is 1. The molecule has 2 aromatic heterocycles. The minimum absolute atomic E-state index is 0.151. The number of anilines is 1. The molecule has 132 valence electrons. The van der Waals surface area contributed by atoms with Gasteiger partial charge in [0.2, 0.25) is 11.8 Å². The third kappa shape index (κ3) is 3.99. The molecule has 0 saturated heterocycles. The molecule has 0 unspecified atom stereocenters. The molecule has 7 heteroatoms. The molecule has 0 spiro atoms. The molecule has 25 heavy (non-hydrogen) atoms. The minimum atomic E-state index is -0.433. The van der Waals surface area contributed by atoms with Crippen molar-refractivity contribution >= 4 is 5.69 Å². The summed E-state index contributed by atoms with van der Waals surface area (Å²) in [5.74, 6) is 1.71. The molecule has 1 aromatic carbocycles. The first-order valence-corrected chi connectivity index (χ1v) is 8.00. The van der Waals surface area contributed by atoms with E-state index in [4.69, 9.17) is 13.6 Å². The van der Waals surface area contributed by atoms with Crippen LogP contribution in [0.25, 0.3) is 0 Å². The van der Waals surface area contributed by atoms with Crippen molar-refractivity contribution in [1.29, 1.82) is 0 Å². The van der Waals surface area contributed by atoms with Crippen molar-refractivity contribution in [3.05, 3.63) is 60.0 Å². The van der Waals surface area contributed by atoms with Gasteiger partial charge in [-0.25, -0.2) is 4.39 Å². The molecular weight excluding hydrogens is 325 g/mol. The number of furan rings is 1. The summed E-state index contributed by atoms with van der Waals surface area (Å²) < 4.78 is 30.2. The number of hydrogen-bond acceptors (Lipinski definition) is 6. The Bertz CT molecular complexity index is 815. The van der Waals surface area contributed by atoms with Crippen LogP contribution in [0.5, 0.6) is 5.75 Å². The summed E-state index contributed by atoms with van der Waals surface area (Å²) in [6, 6.07) is 8.46. The van der Waals surface area contributed by atoms with Crippen LogP contribution in [0.1, 0.15) is 37.3 Å². The fourth-order valence-electron chi connectivity index (χ4n) is 2.41. The summed E-state index contributed by atoms with van der Waals surface area (Å²) in [4.78, 5) is 1.90. The molecule has 0 saturated carbocycles. The maximum Gasteiger partial charge on any atom is 0.235 e. The molecule has 0 bridgehead atoms. The number of hydrogen-bond donors (Lipinski definition) is 0. The van der Waals surface area contributed by atoms with Crippen molar-refractivity contribution in [2.45, 2.75) is 32.9 Å². The van der Waals surface area contributed by atoms with E-state index in [-0.39, 0.29) is 11.7 Å². The van der Waals surface area contributed by atoms with Crippen LogP contribution in [0.3, 0.4) is 0 Å². The normalized spacial score (nSPS) is 11.1. The zero-order chi connectivity index (χ0) is 17.8. The second-order valence-electron chi connectivity index (χ2n) is 5.94. The van der Waals surface area contributed by atoms with Crippen LogP contribution in [0.15, 0.2) is 45.4 Å². The molecule has 0 aliphatic carbocycles. The number of halogens is 1. The van der Waals surface area contributed by atoms with Crippen molar-refractivity contribution in [2.75, 3.05) is 12.0 Å². The van der Waals surface area contributed by atoms with Gasteiger partial charge in [0.25, 0.3) is 0 Å². The van der Waals surface area contributed by atoms with Gasteiger partial charge in [0, 0.05) is 17.7 Å². The highest BCUT2D eigenvalue weighted by Crippen LogP contribution is 2.26. The van der Waals surface area contributed by atoms with Gasteiger partial charge in [-0.1, -0.05) is 13.8 Å². The van der Waals surface area contributed by atoms with E-state index in [0.29, 0.717) is 30.6 Å². The molecule has 0 atom stereocenters. The lowest BCUT2D eigenvalue weighted by molar-refractivity contribution is 0.386. The Hall–Kier alpha value is -2.83. The average Bonchev–Trinajstić information content (AvgIpc) is 3.26. The van der Waals surface area contributed by atoms with E-state index in [0.717, 1.165) is 5.76 Å². The summed E-state index contributed by atoms with van der Waals surface area (Å²) in [6.45, 7) is 4.75. The van der Waals surface area contributed by atoms with Crippen LogP contribution in [-0.2, 0) is 13.1 Å². The second-order valence-corrected chi connectivity index (χ2v) is 5.94. The van der Waals surface area contributed by atoms with Gasteiger partial charge < -0.3 is 18.5 Å². The largest absolute Gasteiger partial charge is 0.494 e. The van der Waals surface area contributed by atoms with E-state index in [9.17, 15) is 4.39 Å². The lowest BCUT2D eigenvalue weighted by Crippen LogP contribution is -2.22. The lowest BCUT2D eigenvalue weighted by atomic mass is 10.2. The zero-order valence-corrected chi connectivity index (χ0v) is 14.4.